The Kier molecular flexibility index (Phi) is 9.32. The highest BCUT2D eigenvalue weighted by Gasteiger charge is 2.20. The number of ether oxygens (including phenoxy) is 1. The van der Waals surface area contributed by atoms with E-state index in [4.69, 9.17) is 9.84 Å². The average Bonchev–Trinajstić information content (AvgIpc) is 2.84. The number of piperidine rings is 1. The van der Waals surface area contributed by atoms with Crippen LogP contribution < -0.4 is 15.0 Å². The second kappa shape index (κ2) is 12.6. The van der Waals surface area contributed by atoms with Crippen LogP contribution in [-0.2, 0) is 16.0 Å². The molecule has 0 aliphatic carbocycles. The zero-order chi connectivity index (χ0) is 24.3. The van der Waals surface area contributed by atoms with E-state index in [9.17, 15) is 9.59 Å². The average molecular weight is 463 g/mol. The normalized spacial score (nSPS) is 14.9. The quantitative estimate of drug-likeness (QED) is 0.377. The minimum Gasteiger partial charge on any atom is -0.493 e. The zero-order valence-corrected chi connectivity index (χ0v) is 20.0. The predicted molar refractivity (Wildman–Crippen MR) is 136 cm³/mol. The van der Waals surface area contributed by atoms with Gasteiger partial charge in [-0.2, -0.15) is 0 Å². The van der Waals surface area contributed by atoms with Crippen molar-refractivity contribution in [2.24, 2.45) is 0 Å². The Balaban J connectivity index is 1.77. The van der Waals surface area contributed by atoms with Gasteiger partial charge in [0.1, 0.15) is 5.75 Å². The Morgan fingerprint density at radius 2 is 1.91 bits per heavy atom. The minimum atomic E-state index is -1.02. The molecule has 1 saturated heterocycles. The summed E-state index contributed by atoms with van der Waals surface area (Å²) in [5.41, 5.74) is 3.74. The summed E-state index contributed by atoms with van der Waals surface area (Å²) < 4.78 is 5.67. The maximum atomic E-state index is 13.0. The third-order valence-electron chi connectivity index (χ3n) is 5.82. The van der Waals surface area contributed by atoms with Gasteiger partial charge >= 0.3 is 5.97 Å². The van der Waals surface area contributed by atoms with Crippen LogP contribution in [-0.4, -0.2) is 36.7 Å². The van der Waals surface area contributed by atoms with Gasteiger partial charge in [-0.1, -0.05) is 42.5 Å². The molecule has 6 heteroatoms. The summed E-state index contributed by atoms with van der Waals surface area (Å²) in [7, 11) is 0. The molecule has 1 atom stereocenters. The number of carbonyl (C=O) groups is 2. The fourth-order valence-corrected chi connectivity index (χ4v) is 4.27. The molecule has 34 heavy (non-hydrogen) atoms. The smallest absolute Gasteiger partial charge is 0.328 e. The molecule has 1 unspecified atom stereocenters. The van der Waals surface area contributed by atoms with Crippen molar-refractivity contribution in [3.8, 4) is 5.75 Å². The predicted octanol–water partition coefficient (Wildman–Crippen LogP) is 5.15. The molecule has 2 aromatic carbocycles. The van der Waals surface area contributed by atoms with Gasteiger partial charge in [0.15, 0.2) is 0 Å². The fraction of sp³-hybridized carbons (Fsp3) is 0.357. The summed E-state index contributed by atoms with van der Waals surface area (Å²) >= 11 is 0. The molecular weight excluding hydrogens is 428 g/mol. The van der Waals surface area contributed by atoms with Crippen molar-refractivity contribution >= 4 is 23.6 Å². The number of allylic oxidation sites excluding steroid dienone is 1. The van der Waals surface area contributed by atoms with Gasteiger partial charge in [0, 0.05) is 36.0 Å². The summed E-state index contributed by atoms with van der Waals surface area (Å²) in [5, 5.41) is 12.1. The second-order valence-corrected chi connectivity index (χ2v) is 8.33. The fourth-order valence-electron chi connectivity index (χ4n) is 4.27. The Morgan fingerprint density at radius 1 is 1.15 bits per heavy atom. The lowest BCUT2D eigenvalue weighted by atomic mass is 10.0. The van der Waals surface area contributed by atoms with E-state index < -0.39 is 5.97 Å². The highest BCUT2D eigenvalue weighted by Crippen LogP contribution is 2.30. The molecule has 2 aromatic rings. The molecule has 1 heterocycles. The molecule has 0 aromatic heterocycles. The van der Waals surface area contributed by atoms with Crippen molar-refractivity contribution in [3.05, 3.63) is 77.4 Å². The van der Waals surface area contributed by atoms with Crippen LogP contribution >= 0.6 is 0 Å². The number of carbonyl (C=O) groups excluding carboxylic acids is 1. The van der Waals surface area contributed by atoms with Gasteiger partial charge in [-0.25, -0.2) is 4.79 Å². The van der Waals surface area contributed by atoms with E-state index in [2.05, 4.69) is 28.4 Å². The Morgan fingerprint density at radius 3 is 2.62 bits per heavy atom. The topological polar surface area (TPSA) is 78.9 Å². The van der Waals surface area contributed by atoms with Crippen LogP contribution in [0.5, 0.6) is 5.75 Å². The first-order valence-electron chi connectivity index (χ1n) is 11.9. The third kappa shape index (κ3) is 6.98. The van der Waals surface area contributed by atoms with Crippen molar-refractivity contribution in [1.29, 1.82) is 0 Å². The molecule has 6 nitrogen and oxygen atoms in total. The summed E-state index contributed by atoms with van der Waals surface area (Å²) in [4.78, 5) is 26.3. The van der Waals surface area contributed by atoms with E-state index in [1.807, 2.05) is 38.1 Å². The number of carboxylic acids is 1. The molecule has 0 bridgehead atoms. The largest absolute Gasteiger partial charge is 0.493 e. The van der Waals surface area contributed by atoms with Gasteiger partial charge in [-0.15, -0.1) is 0 Å². The summed E-state index contributed by atoms with van der Waals surface area (Å²) in [5.74, 6) is -0.552. The van der Waals surface area contributed by atoms with Crippen molar-refractivity contribution < 1.29 is 19.4 Å². The SMILES string of the molecule is C/C=C/C(NC(=O)Cc1ccc(/C=C/C(=O)O)c(OCC)c1)c1ccccc1N1CCCCC1. The lowest BCUT2D eigenvalue weighted by Gasteiger charge is -2.32. The van der Waals surface area contributed by atoms with Crippen LogP contribution in [0.15, 0.2) is 60.7 Å². The van der Waals surface area contributed by atoms with Crippen LogP contribution in [0.1, 0.15) is 55.8 Å². The van der Waals surface area contributed by atoms with Crippen LogP contribution in [0.25, 0.3) is 6.08 Å². The number of anilines is 1. The Hall–Kier alpha value is -3.54. The molecule has 3 rings (SSSR count). The Bertz CT molecular complexity index is 1040. The molecule has 0 saturated carbocycles. The zero-order valence-electron chi connectivity index (χ0n) is 20.0. The number of hydrogen-bond donors (Lipinski definition) is 2. The lowest BCUT2D eigenvalue weighted by Crippen LogP contribution is -2.33. The molecule has 0 spiro atoms. The van der Waals surface area contributed by atoms with Gasteiger partial charge in [0.25, 0.3) is 0 Å². The van der Waals surface area contributed by atoms with Crippen molar-refractivity contribution in [3.63, 3.8) is 0 Å². The second-order valence-electron chi connectivity index (χ2n) is 8.33. The van der Waals surface area contributed by atoms with Crippen LogP contribution in [0.3, 0.4) is 0 Å². The summed E-state index contributed by atoms with van der Waals surface area (Å²) in [6.45, 7) is 6.35. The summed E-state index contributed by atoms with van der Waals surface area (Å²) in [6, 6.07) is 13.5. The minimum absolute atomic E-state index is 0.0900. The highest BCUT2D eigenvalue weighted by molar-refractivity contribution is 5.86. The van der Waals surface area contributed by atoms with Crippen molar-refractivity contribution in [1.82, 2.24) is 5.32 Å². The number of nitrogens with one attached hydrogen (secondary N) is 1. The van der Waals surface area contributed by atoms with Crippen molar-refractivity contribution in [2.75, 3.05) is 24.6 Å². The van der Waals surface area contributed by atoms with E-state index in [1.165, 1.54) is 31.0 Å². The van der Waals surface area contributed by atoms with E-state index >= 15 is 0 Å². The van der Waals surface area contributed by atoms with Gasteiger partial charge in [0.05, 0.1) is 19.1 Å². The Labute approximate surface area is 201 Å². The lowest BCUT2D eigenvalue weighted by molar-refractivity contribution is -0.131. The maximum Gasteiger partial charge on any atom is 0.328 e. The molecule has 1 amide bonds. The van der Waals surface area contributed by atoms with Crippen LogP contribution in [0.4, 0.5) is 5.69 Å². The number of carboxylic acid groups (broad SMARTS) is 1. The first-order valence-corrected chi connectivity index (χ1v) is 11.9. The molecule has 1 fully saturated rings. The van der Waals surface area contributed by atoms with Crippen LogP contribution in [0, 0.1) is 0 Å². The van der Waals surface area contributed by atoms with Crippen LogP contribution in [0.2, 0.25) is 0 Å². The van der Waals surface area contributed by atoms with Gasteiger partial charge < -0.3 is 20.1 Å². The number of nitrogens with zero attached hydrogens (tertiary/aromatic N) is 1. The number of aliphatic carboxylic acids is 1. The van der Waals surface area contributed by atoms with Gasteiger partial charge in [0.2, 0.25) is 5.91 Å². The molecule has 0 radical (unpaired) electrons. The monoisotopic (exact) mass is 462 g/mol. The molecular formula is C28H34N2O4. The highest BCUT2D eigenvalue weighted by atomic mass is 16.5. The number of para-hydroxylation sites is 1. The van der Waals surface area contributed by atoms with E-state index in [-0.39, 0.29) is 18.4 Å². The first-order chi connectivity index (χ1) is 16.5. The standard InChI is InChI=1S/C28H34N2O4/c1-3-10-24(23-11-6-7-12-25(23)30-17-8-5-9-18-30)29-27(31)20-21-13-14-22(15-16-28(32)33)26(19-21)34-4-2/h3,6-7,10-16,19,24H,4-5,8-9,17-18,20H2,1-2H3,(H,29,31)(H,32,33)/b10-3+,16-15+. The molecule has 1 aliphatic rings. The summed E-state index contributed by atoms with van der Waals surface area (Å²) in [6.07, 6.45) is 10.4. The van der Waals surface area contributed by atoms with Gasteiger partial charge in [-0.05, 0) is 56.9 Å². The number of amides is 1. The van der Waals surface area contributed by atoms with Crippen molar-refractivity contribution in [2.45, 2.75) is 45.6 Å². The van der Waals surface area contributed by atoms with E-state index in [1.54, 1.807) is 12.1 Å². The molecule has 1 aliphatic heterocycles. The molecule has 2 N–H and O–H groups in total. The van der Waals surface area contributed by atoms with E-state index in [0.29, 0.717) is 17.9 Å². The number of rotatable bonds is 10. The first kappa shape index (κ1) is 25.1. The molecule has 180 valence electrons. The third-order valence-corrected chi connectivity index (χ3v) is 5.82. The number of hydrogen-bond acceptors (Lipinski definition) is 4. The maximum absolute atomic E-state index is 13.0. The van der Waals surface area contributed by atoms with Gasteiger partial charge in [-0.3, -0.25) is 4.79 Å². The number of benzene rings is 2. The van der Waals surface area contributed by atoms with E-state index in [0.717, 1.165) is 30.3 Å².